The Kier molecular flexibility index (Phi) is 6.11. The van der Waals surface area contributed by atoms with Crippen LogP contribution in [-0.2, 0) is 14.4 Å². The molecule has 1 aromatic carbocycles. The van der Waals surface area contributed by atoms with E-state index in [0.717, 1.165) is 18.4 Å². The molecule has 0 unspecified atom stereocenters. The number of amides is 2. The van der Waals surface area contributed by atoms with E-state index in [1.165, 1.54) is 4.90 Å². The Morgan fingerprint density at radius 3 is 2.65 bits per heavy atom. The summed E-state index contributed by atoms with van der Waals surface area (Å²) in [6.45, 7) is 1.87. The van der Waals surface area contributed by atoms with Crippen LogP contribution in [0.3, 0.4) is 0 Å². The van der Waals surface area contributed by atoms with Gasteiger partial charge in [-0.2, -0.15) is 0 Å². The lowest BCUT2D eigenvalue weighted by Gasteiger charge is -2.40. The maximum Gasteiger partial charge on any atom is 0.290 e. The fourth-order valence-electron chi connectivity index (χ4n) is 4.42. The number of nitrogens with zero attached hydrogens (tertiary/aromatic N) is 1. The highest BCUT2D eigenvalue weighted by atomic mass is 16.5. The van der Waals surface area contributed by atoms with E-state index in [1.54, 1.807) is 19.1 Å². The fraction of sp³-hybridized carbons (Fsp3) is 0.522. The number of fused-ring (bicyclic) bond motifs is 3. The van der Waals surface area contributed by atoms with Gasteiger partial charge in [0.25, 0.3) is 5.91 Å². The monoisotopic (exact) mass is 428 g/mol. The van der Waals surface area contributed by atoms with E-state index in [9.17, 15) is 19.5 Å². The molecule has 3 aliphatic rings. The minimum atomic E-state index is -1.10. The Balaban J connectivity index is 1.74. The van der Waals surface area contributed by atoms with Crippen molar-refractivity contribution in [2.24, 2.45) is 5.92 Å². The van der Waals surface area contributed by atoms with Gasteiger partial charge in [-0.05, 0) is 30.9 Å². The van der Waals surface area contributed by atoms with Crippen LogP contribution in [0.5, 0.6) is 5.75 Å². The molecule has 1 aromatic rings. The second kappa shape index (κ2) is 8.80. The number of aliphatic hydroxyl groups is 2. The second-order valence-corrected chi connectivity index (χ2v) is 8.36. The van der Waals surface area contributed by atoms with Crippen LogP contribution in [0.4, 0.5) is 0 Å². The van der Waals surface area contributed by atoms with Crippen LogP contribution < -0.4 is 10.1 Å². The highest BCUT2D eigenvalue weighted by molar-refractivity contribution is 6.36. The lowest BCUT2D eigenvalue weighted by molar-refractivity contribution is -0.148. The summed E-state index contributed by atoms with van der Waals surface area (Å²) in [7, 11) is 0. The van der Waals surface area contributed by atoms with Crippen molar-refractivity contribution in [3.8, 4) is 5.75 Å². The average molecular weight is 428 g/mol. The van der Waals surface area contributed by atoms with E-state index < -0.39 is 35.9 Å². The first kappa shape index (κ1) is 21.5. The number of hydrogen-bond donors (Lipinski definition) is 3. The van der Waals surface area contributed by atoms with Crippen molar-refractivity contribution in [3.05, 3.63) is 41.5 Å². The van der Waals surface area contributed by atoms with Gasteiger partial charge < -0.3 is 25.2 Å². The van der Waals surface area contributed by atoms with Gasteiger partial charge >= 0.3 is 0 Å². The van der Waals surface area contributed by atoms with Crippen LogP contribution in [0.15, 0.2) is 35.9 Å². The summed E-state index contributed by atoms with van der Waals surface area (Å²) in [6, 6.07) is 6.45. The van der Waals surface area contributed by atoms with Gasteiger partial charge in [-0.15, -0.1) is 0 Å². The number of nitrogens with one attached hydrogen (secondary N) is 1. The molecule has 8 heteroatoms. The van der Waals surface area contributed by atoms with Gasteiger partial charge in [0.15, 0.2) is 0 Å². The molecule has 0 saturated heterocycles. The summed E-state index contributed by atoms with van der Waals surface area (Å²) >= 11 is 0. The number of aliphatic hydroxyl groups excluding tert-OH is 2. The van der Waals surface area contributed by atoms with Crippen molar-refractivity contribution in [2.45, 2.75) is 50.4 Å². The maximum atomic E-state index is 13.0. The Morgan fingerprint density at radius 1 is 1.23 bits per heavy atom. The molecule has 0 bridgehead atoms. The van der Waals surface area contributed by atoms with Crippen molar-refractivity contribution in [2.75, 3.05) is 19.7 Å². The van der Waals surface area contributed by atoms with Crippen LogP contribution in [0.1, 0.15) is 37.7 Å². The molecule has 1 saturated carbocycles. The quantitative estimate of drug-likeness (QED) is 0.520. The first-order chi connectivity index (χ1) is 15.0. The summed E-state index contributed by atoms with van der Waals surface area (Å²) < 4.78 is 6.03. The number of para-hydroxylation sites is 1. The van der Waals surface area contributed by atoms with Crippen LogP contribution in [0.2, 0.25) is 0 Å². The zero-order valence-electron chi connectivity index (χ0n) is 17.5. The van der Waals surface area contributed by atoms with Gasteiger partial charge in [-0.3, -0.25) is 14.4 Å². The van der Waals surface area contributed by atoms with E-state index in [4.69, 9.17) is 9.84 Å². The summed E-state index contributed by atoms with van der Waals surface area (Å²) in [4.78, 5) is 39.5. The van der Waals surface area contributed by atoms with Gasteiger partial charge in [0.2, 0.25) is 11.7 Å². The number of carbonyl (C=O) groups excluding carboxylic acids is 3. The zero-order chi connectivity index (χ0) is 22.1. The molecule has 4 atom stereocenters. The average Bonchev–Trinajstić information content (AvgIpc) is 3.52. The van der Waals surface area contributed by atoms with Crippen LogP contribution in [-0.4, -0.2) is 70.7 Å². The summed E-state index contributed by atoms with van der Waals surface area (Å²) in [6.07, 6.45) is 1.76. The lowest BCUT2D eigenvalue weighted by Crippen LogP contribution is -2.57. The summed E-state index contributed by atoms with van der Waals surface area (Å²) in [5.41, 5.74) is 1.16. The minimum absolute atomic E-state index is 0.0738. The molecule has 4 rings (SSSR count). The smallest absolute Gasteiger partial charge is 0.290 e. The topological polar surface area (TPSA) is 116 Å². The van der Waals surface area contributed by atoms with Crippen molar-refractivity contribution in [3.63, 3.8) is 0 Å². The number of rotatable bonds is 8. The van der Waals surface area contributed by atoms with Crippen molar-refractivity contribution >= 4 is 17.6 Å². The van der Waals surface area contributed by atoms with E-state index >= 15 is 0 Å². The van der Waals surface area contributed by atoms with E-state index in [1.807, 2.05) is 18.2 Å². The molecule has 0 spiro atoms. The predicted octanol–water partition coefficient (Wildman–Crippen LogP) is 0.527. The molecule has 2 amide bonds. The molecular weight excluding hydrogens is 400 g/mol. The molecule has 3 N–H and O–H groups in total. The molecule has 0 aromatic heterocycles. The Hall–Kier alpha value is -2.71. The van der Waals surface area contributed by atoms with Crippen LogP contribution in [0.25, 0.3) is 0 Å². The molecule has 2 aliphatic carbocycles. The highest BCUT2D eigenvalue weighted by Crippen LogP contribution is 2.47. The predicted molar refractivity (Wildman–Crippen MR) is 111 cm³/mol. The lowest BCUT2D eigenvalue weighted by atomic mass is 9.77. The maximum absolute atomic E-state index is 13.0. The van der Waals surface area contributed by atoms with Crippen molar-refractivity contribution in [1.29, 1.82) is 0 Å². The van der Waals surface area contributed by atoms with Gasteiger partial charge in [0, 0.05) is 30.6 Å². The largest absolute Gasteiger partial charge is 0.486 e. The van der Waals surface area contributed by atoms with Crippen molar-refractivity contribution < 1.29 is 29.3 Å². The summed E-state index contributed by atoms with van der Waals surface area (Å²) in [5, 5.41) is 23.0. The Labute approximate surface area is 180 Å². The van der Waals surface area contributed by atoms with Crippen molar-refractivity contribution in [1.82, 2.24) is 10.2 Å². The molecule has 1 fully saturated rings. The van der Waals surface area contributed by atoms with E-state index in [0.29, 0.717) is 23.8 Å². The van der Waals surface area contributed by atoms with E-state index in [2.05, 4.69) is 5.32 Å². The third-order valence-corrected chi connectivity index (χ3v) is 6.21. The summed E-state index contributed by atoms with van der Waals surface area (Å²) in [5.74, 6) is -1.17. The standard InChI is InChI=1S/C23H28N2O6/c1-2-17(27)23(30)25(12-13-7-8-13)16-11-15(22(29)24-9-10-26)19-14-5-3-4-6-18(14)31-21(19)20(16)28/h3-6,11,13,16,19-21,26,28H,2,7-10,12H2,1H3,(H,24,29)/t16-,19+,20+,21+/m1/s1. The number of ketones is 1. The van der Waals surface area contributed by atoms with E-state index in [-0.39, 0.29) is 25.5 Å². The van der Waals surface area contributed by atoms with Crippen LogP contribution >= 0.6 is 0 Å². The Morgan fingerprint density at radius 2 is 1.97 bits per heavy atom. The third kappa shape index (κ3) is 4.09. The molecular formula is C23H28N2O6. The zero-order valence-corrected chi connectivity index (χ0v) is 17.5. The number of hydrogen-bond acceptors (Lipinski definition) is 6. The number of benzene rings is 1. The molecule has 1 heterocycles. The molecule has 1 aliphatic heterocycles. The minimum Gasteiger partial charge on any atom is -0.486 e. The van der Waals surface area contributed by atoms with Gasteiger partial charge in [0.1, 0.15) is 18.0 Å². The molecule has 31 heavy (non-hydrogen) atoms. The van der Waals surface area contributed by atoms with Crippen LogP contribution in [0, 0.1) is 5.92 Å². The third-order valence-electron chi connectivity index (χ3n) is 6.21. The SMILES string of the molecule is CCC(=O)C(=O)N(CC1CC1)[C@@H]1C=C(C(=O)NCCO)[C@@H]2c3ccccc3O[C@@H]2[C@H]1O. The number of Topliss-reactive ketones (excluding diaryl/α,β-unsaturated/α-hetero) is 1. The Bertz CT molecular complexity index is 909. The normalized spacial score (nSPS) is 26.2. The van der Waals surface area contributed by atoms with Gasteiger partial charge in [0.05, 0.1) is 18.6 Å². The van der Waals surface area contributed by atoms with Gasteiger partial charge in [-0.1, -0.05) is 25.1 Å². The molecule has 0 radical (unpaired) electrons. The first-order valence-corrected chi connectivity index (χ1v) is 10.8. The first-order valence-electron chi connectivity index (χ1n) is 10.8. The number of carbonyl (C=O) groups is 3. The molecule has 8 nitrogen and oxygen atoms in total. The highest BCUT2D eigenvalue weighted by Gasteiger charge is 2.51. The second-order valence-electron chi connectivity index (χ2n) is 8.36. The number of ether oxygens (including phenoxy) is 1. The fourth-order valence-corrected chi connectivity index (χ4v) is 4.42. The van der Waals surface area contributed by atoms with Gasteiger partial charge in [-0.25, -0.2) is 0 Å². The molecule has 166 valence electrons.